The standard InChI is InChI=1S/C19H23ClO6S/c1-14(10-20)12-25-16-2-6-18(7-3-16)27(23,24)19-8-4-17(5-9-19)26-13-15(22)11-21/h2-9,14-15,21-22H,10-13H2,1H3/t14-,15-/m1/s1. The molecular formula is C19H23ClO6S. The predicted molar refractivity (Wildman–Crippen MR) is 102 cm³/mol. The molecule has 0 saturated heterocycles. The van der Waals surface area contributed by atoms with E-state index < -0.39 is 22.5 Å². The van der Waals surface area contributed by atoms with Crippen molar-refractivity contribution < 1.29 is 28.1 Å². The summed E-state index contributed by atoms with van der Waals surface area (Å²) in [6.07, 6.45) is -0.985. The van der Waals surface area contributed by atoms with E-state index in [0.29, 0.717) is 24.0 Å². The number of sulfone groups is 1. The molecule has 148 valence electrons. The van der Waals surface area contributed by atoms with Crippen molar-refractivity contribution in [3.8, 4) is 11.5 Å². The maximum Gasteiger partial charge on any atom is 0.206 e. The maximum absolute atomic E-state index is 12.7. The van der Waals surface area contributed by atoms with E-state index in [0.717, 1.165) is 0 Å². The average Bonchev–Trinajstić information content (AvgIpc) is 2.70. The molecule has 0 unspecified atom stereocenters. The Morgan fingerprint density at radius 2 is 1.37 bits per heavy atom. The van der Waals surface area contributed by atoms with Crippen molar-refractivity contribution >= 4 is 21.4 Å². The number of hydrogen-bond acceptors (Lipinski definition) is 6. The van der Waals surface area contributed by atoms with Gasteiger partial charge in [-0.1, -0.05) is 6.92 Å². The van der Waals surface area contributed by atoms with Gasteiger partial charge in [0, 0.05) is 11.8 Å². The van der Waals surface area contributed by atoms with Crippen LogP contribution >= 0.6 is 11.6 Å². The molecule has 2 aromatic rings. The lowest BCUT2D eigenvalue weighted by atomic mass is 10.2. The molecule has 2 rings (SSSR count). The molecule has 0 fully saturated rings. The highest BCUT2D eigenvalue weighted by Crippen LogP contribution is 2.25. The Bertz CT molecular complexity index is 742. The van der Waals surface area contributed by atoms with Crippen LogP contribution in [0.25, 0.3) is 0 Å². The van der Waals surface area contributed by atoms with Crippen molar-refractivity contribution in [2.45, 2.75) is 22.8 Å². The third-order valence-electron chi connectivity index (χ3n) is 3.72. The molecule has 0 bridgehead atoms. The lowest BCUT2D eigenvalue weighted by Gasteiger charge is -2.12. The maximum atomic E-state index is 12.7. The van der Waals surface area contributed by atoms with Crippen LogP contribution < -0.4 is 9.47 Å². The van der Waals surface area contributed by atoms with Gasteiger partial charge in [-0.15, -0.1) is 11.6 Å². The Morgan fingerprint density at radius 3 is 1.78 bits per heavy atom. The molecule has 0 amide bonds. The van der Waals surface area contributed by atoms with E-state index in [1.807, 2.05) is 6.92 Å². The number of ether oxygens (including phenoxy) is 2. The van der Waals surface area contributed by atoms with Gasteiger partial charge in [0.05, 0.1) is 23.0 Å². The smallest absolute Gasteiger partial charge is 0.206 e. The number of benzene rings is 2. The van der Waals surface area contributed by atoms with Crippen molar-refractivity contribution in [3.63, 3.8) is 0 Å². The van der Waals surface area contributed by atoms with Crippen molar-refractivity contribution in [2.24, 2.45) is 5.92 Å². The fourth-order valence-corrected chi connectivity index (χ4v) is 3.44. The van der Waals surface area contributed by atoms with Gasteiger partial charge in [-0.25, -0.2) is 8.42 Å². The zero-order valence-corrected chi connectivity index (χ0v) is 16.5. The minimum Gasteiger partial charge on any atom is -0.493 e. The van der Waals surface area contributed by atoms with Gasteiger partial charge in [-0.2, -0.15) is 0 Å². The molecule has 0 aromatic heterocycles. The Morgan fingerprint density at radius 1 is 0.926 bits per heavy atom. The second-order valence-corrected chi connectivity index (χ2v) is 8.42. The number of hydrogen-bond donors (Lipinski definition) is 2. The van der Waals surface area contributed by atoms with Gasteiger partial charge in [-0.3, -0.25) is 0 Å². The Labute approximate surface area is 164 Å². The topological polar surface area (TPSA) is 93.1 Å². The lowest BCUT2D eigenvalue weighted by Crippen LogP contribution is -2.21. The van der Waals surface area contributed by atoms with Crippen molar-refractivity contribution in [2.75, 3.05) is 25.7 Å². The van der Waals surface area contributed by atoms with Crippen molar-refractivity contribution in [1.82, 2.24) is 0 Å². The largest absolute Gasteiger partial charge is 0.493 e. The van der Waals surface area contributed by atoms with E-state index in [1.54, 1.807) is 12.1 Å². The van der Waals surface area contributed by atoms with E-state index >= 15 is 0 Å². The summed E-state index contributed by atoms with van der Waals surface area (Å²) in [5.41, 5.74) is 0. The SMILES string of the molecule is C[C@H](CCl)COc1ccc(S(=O)(=O)c2ccc(OC[C@H](O)CO)cc2)cc1. The lowest BCUT2D eigenvalue weighted by molar-refractivity contribution is 0.0536. The van der Waals surface area contributed by atoms with Gasteiger partial charge < -0.3 is 19.7 Å². The van der Waals surface area contributed by atoms with Crippen LogP contribution in [0.1, 0.15) is 6.92 Å². The highest BCUT2D eigenvalue weighted by atomic mass is 35.5. The van der Waals surface area contributed by atoms with Crippen LogP contribution in [-0.2, 0) is 9.84 Å². The zero-order valence-electron chi connectivity index (χ0n) is 14.9. The van der Waals surface area contributed by atoms with Crippen LogP contribution in [-0.4, -0.2) is 50.4 Å². The van der Waals surface area contributed by atoms with E-state index in [9.17, 15) is 13.5 Å². The summed E-state index contributed by atoms with van der Waals surface area (Å²) in [4.78, 5) is 0.284. The molecule has 0 aliphatic carbocycles. The number of rotatable bonds is 10. The predicted octanol–water partition coefficient (Wildman–Crippen LogP) is 2.51. The summed E-state index contributed by atoms with van der Waals surface area (Å²) in [5.74, 6) is 1.68. The van der Waals surface area contributed by atoms with E-state index in [1.165, 1.54) is 36.4 Å². The third kappa shape index (κ3) is 6.10. The number of aliphatic hydroxyl groups is 2. The molecule has 0 aliphatic heterocycles. The van der Waals surface area contributed by atoms with Gasteiger partial charge >= 0.3 is 0 Å². The Balaban J connectivity index is 2.06. The first-order valence-electron chi connectivity index (χ1n) is 8.42. The van der Waals surface area contributed by atoms with Crippen LogP contribution in [0.3, 0.4) is 0 Å². The molecule has 0 spiro atoms. The molecule has 2 aromatic carbocycles. The molecule has 0 aliphatic rings. The zero-order chi connectivity index (χ0) is 19.9. The normalized spacial score (nSPS) is 13.8. The summed E-state index contributed by atoms with van der Waals surface area (Å²) in [5, 5.41) is 18.0. The number of alkyl halides is 1. The summed E-state index contributed by atoms with van der Waals surface area (Å²) in [6.45, 7) is 1.94. The van der Waals surface area contributed by atoms with Gasteiger partial charge in [0.2, 0.25) is 9.84 Å². The summed E-state index contributed by atoms with van der Waals surface area (Å²) in [7, 11) is -3.67. The fraction of sp³-hybridized carbons (Fsp3) is 0.368. The van der Waals surface area contributed by atoms with E-state index in [4.69, 9.17) is 26.2 Å². The second kappa shape index (κ2) is 9.94. The van der Waals surface area contributed by atoms with E-state index in [2.05, 4.69) is 0 Å². The van der Waals surface area contributed by atoms with Crippen molar-refractivity contribution in [1.29, 1.82) is 0 Å². The van der Waals surface area contributed by atoms with Crippen LogP contribution in [0.5, 0.6) is 11.5 Å². The third-order valence-corrected chi connectivity index (χ3v) is 6.03. The van der Waals surface area contributed by atoms with Gasteiger partial charge in [0.25, 0.3) is 0 Å². The molecule has 0 heterocycles. The first kappa shape index (κ1) is 21.5. The van der Waals surface area contributed by atoms with Crippen LogP contribution in [0.15, 0.2) is 58.3 Å². The second-order valence-electron chi connectivity index (χ2n) is 6.16. The van der Waals surface area contributed by atoms with Gasteiger partial charge in [-0.05, 0) is 48.5 Å². The Kier molecular flexibility index (Phi) is 7.91. The minimum absolute atomic E-state index is 0.0770. The minimum atomic E-state index is -3.67. The molecular weight excluding hydrogens is 392 g/mol. The van der Waals surface area contributed by atoms with Gasteiger partial charge in [0.15, 0.2) is 0 Å². The van der Waals surface area contributed by atoms with Crippen LogP contribution in [0, 0.1) is 5.92 Å². The van der Waals surface area contributed by atoms with E-state index in [-0.39, 0.29) is 22.3 Å². The van der Waals surface area contributed by atoms with Crippen molar-refractivity contribution in [3.05, 3.63) is 48.5 Å². The monoisotopic (exact) mass is 414 g/mol. The van der Waals surface area contributed by atoms with Crippen LogP contribution in [0.4, 0.5) is 0 Å². The highest BCUT2D eigenvalue weighted by Gasteiger charge is 2.18. The summed E-state index contributed by atoms with van der Waals surface area (Å²) in [6, 6.07) is 12.1. The highest BCUT2D eigenvalue weighted by molar-refractivity contribution is 7.91. The Hall–Kier alpha value is -1.80. The molecule has 27 heavy (non-hydrogen) atoms. The van der Waals surface area contributed by atoms with Crippen LogP contribution in [0.2, 0.25) is 0 Å². The molecule has 2 atom stereocenters. The fourth-order valence-electron chi connectivity index (χ4n) is 2.09. The van der Waals surface area contributed by atoms with Gasteiger partial charge in [0.1, 0.15) is 24.2 Å². The average molecular weight is 415 g/mol. The summed E-state index contributed by atoms with van der Waals surface area (Å²) < 4.78 is 36.3. The number of aliphatic hydroxyl groups excluding tert-OH is 2. The summed E-state index contributed by atoms with van der Waals surface area (Å²) >= 11 is 5.73. The molecule has 8 heteroatoms. The quantitative estimate of drug-likeness (QED) is 0.580. The number of halogens is 1. The molecule has 6 nitrogen and oxygen atoms in total. The first-order valence-corrected chi connectivity index (χ1v) is 10.4. The molecule has 0 radical (unpaired) electrons. The first-order chi connectivity index (χ1) is 12.9. The molecule has 2 N–H and O–H groups in total. The molecule has 0 saturated carbocycles.